The maximum Gasteiger partial charge on any atom is 0.305 e. The third-order valence-electron chi connectivity index (χ3n) is 3.61. The quantitative estimate of drug-likeness (QED) is 0.670. The molecule has 0 saturated heterocycles. The van der Waals surface area contributed by atoms with E-state index >= 15 is 0 Å². The van der Waals surface area contributed by atoms with Crippen LogP contribution >= 0.6 is 0 Å². The van der Waals surface area contributed by atoms with Crippen molar-refractivity contribution >= 4 is 11.8 Å². The maximum absolute atomic E-state index is 11.8. The van der Waals surface area contributed by atoms with Crippen LogP contribution in [-0.2, 0) is 14.3 Å². The van der Waals surface area contributed by atoms with Crippen LogP contribution in [0.4, 0.5) is 0 Å². The van der Waals surface area contributed by atoms with E-state index in [1.807, 2.05) is 6.92 Å². The summed E-state index contributed by atoms with van der Waals surface area (Å²) in [4.78, 5) is 23.2. The van der Waals surface area contributed by atoms with Crippen LogP contribution in [-0.4, -0.2) is 18.4 Å². The third kappa shape index (κ3) is 4.88. The molecule has 1 aliphatic rings. The first-order chi connectivity index (χ1) is 8.17. The van der Waals surface area contributed by atoms with Crippen molar-refractivity contribution in [2.45, 2.75) is 58.8 Å². The second-order valence-corrected chi connectivity index (χ2v) is 4.98. The predicted molar refractivity (Wildman–Crippen MR) is 66.6 cm³/mol. The van der Waals surface area contributed by atoms with Gasteiger partial charge in [-0.15, -0.1) is 0 Å². The van der Waals surface area contributed by atoms with Gasteiger partial charge in [-0.05, 0) is 31.6 Å². The van der Waals surface area contributed by atoms with Gasteiger partial charge in [-0.2, -0.15) is 0 Å². The zero-order valence-corrected chi connectivity index (χ0v) is 11.0. The van der Waals surface area contributed by atoms with Crippen molar-refractivity contribution in [1.29, 1.82) is 0 Å². The lowest BCUT2D eigenvalue weighted by molar-refractivity contribution is -0.144. The van der Waals surface area contributed by atoms with Crippen LogP contribution in [0.2, 0.25) is 0 Å². The molecule has 0 N–H and O–H groups in total. The molecule has 0 heterocycles. The van der Waals surface area contributed by atoms with Crippen molar-refractivity contribution in [3.8, 4) is 0 Å². The minimum Gasteiger partial charge on any atom is -0.466 e. The summed E-state index contributed by atoms with van der Waals surface area (Å²) in [7, 11) is 0. The summed E-state index contributed by atoms with van der Waals surface area (Å²) in [5.41, 5.74) is 0. The molecule has 3 nitrogen and oxygen atoms in total. The van der Waals surface area contributed by atoms with Crippen LogP contribution in [0.15, 0.2) is 0 Å². The highest BCUT2D eigenvalue weighted by Crippen LogP contribution is 2.30. The summed E-state index contributed by atoms with van der Waals surface area (Å²) in [5.74, 6) is 0.876. The van der Waals surface area contributed by atoms with Gasteiger partial charge in [-0.3, -0.25) is 9.59 Å². The predicted octanol–water partition coefficient (Wildman–Crippen LogP) is 3.12. The number of hydrogen-bond acceptors (Lipinski definition) is 3. The Morgan fingerprint density at radius 2 is 2.12 bits per heavy atom. The van der Waals surface area contributed by atoms with Crippen molar-refractivity contribution in [3.63, 3.8) is 0 Å². The Bertz CT molecular complexity index is 260. The molecule has 1 saturated carbocycles. The monoisotopic (exact) mass is 240 g/mol. The number of ketones is 1. The standard InChI is InChI=1S/C14H24O3/c1-3-9-17-14(16)8-7-12-6-5-11(4-2)10-13(12)15/h11-12H,3-10H2,1-2H3. The fourth-order valence-corrected chi connectivity index (χ4v) is 2.39. The number of carbonyl (C=O) groups excluding carboxylic acids is 2. The van der Waals surface area contributed by atoms with Crippen LogP contribution in [0.1, 0.15) is 58.8 Å². The van der Waals surface area contributed by atoms with E-state index in [9.17, 15) is 9.59 Å². The molecule has 0 bridgehead atoms. The minimum atomic E-state index is -0.155. The highest BCUT2D eigenvalue weighted by atomic mass is 16.5. The van der Waals surface area contributed by atoms with Crippen LogP contribution in [0.5, 0.6) is 0 Å². The fraction of sp³-hybridized carbons (Fsp3) is 0.857. The fourth-order valence-electron chi connectivity index (χ4n) is 2.39. The second kappa shape index (κ2) is 7.46. The molecule has 1 rings (SSSR count). The Hall–Kier alpha value is -0.860. The first-order valence-corrected chi connectivity index (χ1v) is 6.85. The highest BCUT2D eigenvalue weighted by Gasteiger charge is 2.27. The van der Waals surface area contributed by atoms with E-state index in [2.05, 4.69) is 6.92 Å². The summed E-state index contributed by atoms with van der Waals surface area (Å²) in [6.45, 7) is 4.61. The SMILES string of the molecule is CCCOC(=O)CCC1CCC(CC)CC1=O. The van der Waals surface area contributed by atoms with Crippen molar-refractivity contribution in [1.82, 2.24) is 0 Å². The molecule has 2 atom stereocenters. The number of hydrogen-bond donors (Lipinski definition) is 0. The van der Waals surface area contributed by atoms with Gasteiger partial charge in [-0.1, -0.05) is 20.3 Å². The molecule has 0 aliphatic heterocycles. The Morgan fingerprint density at radius 1 is 1.35 bits per heavy atom. The Morgan fingerprint density at radius 3 is 2.71 bits per heavy atom. The number of ether oxygens (including phenoxy) is 1. The molecular weight excluding hydrogens is 216 g/mol. The highest BCUT2D eigenvalue weighted by molar-refractivity contribution is 5.82. The van der Waals surface area contributed by atoms with E-state index in [1.165, 1.54) is 0 Å². The zero-order chi connectivity index (χ0) is 12.7. The van der Waals surface area contributed by atoms with Crippen molar-refractivity contribution in [2.24, 2.45) is 11.8 Å². The Balaban J connectivity index is 2.23. The van der Waals surface area contributed by atoms with Gasteiger partial charge in [0.25, 0.3) is 0 Å². The summed E-state index contributed by atoms with van der Waals surface area (Å²) in [5, 5.41) is 0. The van der Waals surface area contributed by atoms with E-state index < -0.39 is 0 Å². The molecule has 1 fully saturated rings. The summed E-state index contributed by atoms with van der Waals surface area (Å²) in [6, 6.07) is 0. The van der Waals surface area contributed by atoms with Crippen molar-refractivity contribution < 1.29 is 14.3 Å². The van der Waals surface area contributed by atoms with Gasteiger partial charge in [0.2, 0.25) is 0 Å². The second-order valence-electron chi connectivity index (χ2n) is 4.98. The molecule has 0 spiro atoms. The minimum absolute atomic E-state index is 0.104. The van der Waals surface area contributed by atoms with E-state index in [4.69, 9.17) is 4.74 Å². The average Bonchev–Trinajstić information content (AvgIpc) is 2.34. The van der Waals surface area contributed by atoms with Gasteiger partial charge in [0, 0.05) is 18.8 Å². The van der Waals surface area contributed by atoms with E-state index in [-0.39, 0.29) is 11.9 Å². The molecule has 1 aliphatic carbocycles. The Labute approximate surface area is 104 Å². The Kier molecular flexibility index (Phi) is 6.23. The van der Waals surface area contributed by atoms with Gasteiger partial charge in [-0.25, -0.2) is 0 Å². The van der Waals surface area contributed by atoms with Gasteiger partial charge in [0.05, 0.1) is 6.61 Å². The molecule has 3 heteroatoms. The maximum atomic E-state index is 11.8. The van der Waals surface area contributed by atoms with E-state index in [1.54, 1.807) is 0 Å². The molecule has 2 unspecified atom stereocenters. The van der Waals surface area contributed by atoms with Crippen LogP contribution < -0.4 is 0 Å². The number of esters is 1. The van der Waals surface area contributed by atoms with Crippen LogP contribution in [0.3, 0.4) is 0 Å². The van der Waals surface area contributed by atoms with E-state index in [0.29, 0.717) is 37.6 Å². The lowest BCUT2D eigenvalue weighted by Gasteiger charge is -2.26. The molecular formula is C14H24O3. The molecule has 17 heavy (non-hydrogen) atoms. The lowest BCUT2D eigenvalue weighted by atomic mass is 9.78. The van der Waals surface area contributed by atoms with Crippen LogP contribution in [0.25, 0.3) is 0 Å². The zero-order valence-electron chi connectivity index (χ0n) is 11.0. The van der Waals surface area contributed by atoms with E-state index in [0.717, 1.165) is 25.7 Å². The molecule has 0 aromatic carbocycles. The largest absolute Gasteiger partial charge is 0.466 e. The van der Waals surface area contributed by atoms with Gasteiger partial charge in [0.15, 0.2) is 0 Å². The molecule has 0 aromatic heterocycles. The average molecular weight is 240 g/mol. The summed E-state index contributed by atoms with van der Waals surface area (Å²) >= 11 is 0. The molecule has 0 radical (unpaired) electrons. The van der Waals surface area contributed by atoms with Crippen molar-refractivity contribution in [2.75, 3.05) is 6.61 Å². The number of carbonyl (C=O) groups is 2. The molecule has 0 amide bonds. The first kappa shape index (κ1) is 14.2. The summed E-state index contributed by atoms with van der Waals surface area (Å²) < 4.78 is 5.01. The molecule has 98 valence electrons. The number of rotatable bonds is 6. The summed E-state index contributed by atoms with van der Waals surface area (Å²) in [6.07, 6.45) is 5.83. The first-order valence-electron chi connectivity index (χ1n) is 6.85. The normalized spacial score (nSPS) is 24.7. The molecule has 0 aromatic rings. The smallest absolute Gasteiger partial charge is 0.305 e. The topological polar surface area (TPSA) is 43.4 Å². The lowest BCUT2D eigenvalue weighted by Crippen LogP contribution is -2.25. The van der Waals surface area contributed by atoms with Gasteiger partial charge < -0.3 is 4.74 Å². The van der Waals surface area contributed by atoms with Gasteiger partial charge >= 0.3 is 5.97 Å². The van der Waals surface area contributed by atoms with Crippen LogP contribution in [0, 0.1) is 11.8 Å². The third-order valence-corrected chi connectivity index (χ3v) is 3.61. The van der Waals surface area contributed by atoms with Gasteiger partial charge in [0.1, 0.15) is 5.78 Å². The number of Topliss-reactive ketones (excluding diaryl/α,β-unsaturated/α-hetero) is 1. The van der Waals surface area contributed by atoms with Crippen molar-refractivity contribution in [3.05, 3.63) is 0 Å².